The summed E-state index contributed by atoms with van der Waals surface area (Å²) in [6.45, 7) is 0. The first-order valence-corrected chi connectivity index (χ1v) is 3.50. The van der Waals surface area contributed by atoms with Gasteiger partial charge in [0.2, 0.25) is 6.43 Å². The quantitative estimate of drug-likeness (QED) is 0.556. The Hall–Kier alpha value is -0.470. The van der Waals surface area contributed by atoms with Gasteiger partial charge in [-0.05, 0) is 12.8 Å². The molecule has 1 aliphatic rings. The second kappa shape index (κ2) is 3.08. The van der Waals surface area contributed by atoms with Gasteiger partial charge >= 0.3 is 0 Å². The van der Waals surface area contributed by atoms with Crippen molar-refractivity contribution >= 4 is 5.78 Å². The Morgan fingerprint density at radius 3 is 2.60 bits per heavy atom. The first kappa shape index (κ1) is 7.63. The molecule has 0 heterocycles. The molecule has 58 valence electrons. The lowest BCUT2D eigenvalue weighted by Crippen LogP contribution is -2.20. The van der Waals surface area contributed by atoms with Crippen LogP contribution < -0.4 is 0 Å². The molecule has 0 saturated heterocycles. The van der Waals surface area contributed by atoms with E-state index in [2.05, 4.69) is 0 Å². The summed E-state index contributed by atoms with van der Waals surface area (Å²) in [7, 11) is 0. The van der Waals surface area contributed by atoms with Crippen molar-refractivity contribution in [2.75, 3.05) is 0 Å². The normalized spacial score (nSPS) is 27.5. The van der Waals surface area contributed by atoms with E-state index in [-0.39, 0.29) is 12.2 Å². The number of halogens is 2. The average Bonchev–Trinajstić information content (AvgIpc) is 1.88. The van der Waals surface area contributed by atoms with E-state index < -0.39 is 12.3 Å². The largest absolute Gasteiger partial charge is 0.300 e. The molecular weight excluding hydrogens is 138 g/mol. The standard InChI is InChI=1S/C7H10F2O/c8-7(9)5-2-1-3-6(10)4-5/h5,7H,1-4H2/t5-/m0/s1. The summed E-state index contributed by atoms with van der Waals surface area (Å²) in [4.78, 5) is 10.6. The Morgan fingerprint density at radius 2 is 2.20 bits per heavy atom. The third-order valence-corrected chi connectivity index (χ3v) is 1.88. The molecule has 1 rings (SSSR count). The molecule has 10 heavy (non-hydrogen) atoms. The summed E-state index contributed by atoms with van der Waals surface area (Å²) >= 11 is 0. The lowest BCUT2D eigenvalue weighted by Gasteiger charge is -2.19. The van der Waals surface area contributed by atoms with Gasteiger partial charge in [-0.2, -0.15) is 0 Å². The van der Waals surface area contributed by atoms with E-state index in [4.69, 9.17) is 0 Å². The number of alkyl halides is 2. The zero-order valence-electron chi connectivity index (χ0n) is 5.65. The number of carbonyl (C=O) groups is 1. The molecular formula is C7H10F2O. The molecule has 1 fully saturated rings. The smallest absolute Gasteiger partial charge is 0.241 e. The zero-order chi connectivity index (χ0) is 7.56. The molecule has 0 unspecified atom stereocenters. The van der Waals surface area contributed by atoms with E-state index in [0.717, 1.165) is 0 Å². The van der Waals surface area contributed by atoms with Crippen molar-refractivity contribution in [3.8, 4) is 0 Å². The maximum absolute atomic E-state index is 11.9. The van der Waals surface area contributed by atoms with Gasteiger partial charge in [-0.15, -0.1) is 0 Å². The van der Waals surface area contributed by atoms with Crippen LogP contribution in [0.1, 0.15) is 25.7 Å². The van der Waals surface area contributed by atoms with Crippen LogP contribution in [0.3, 0.4) is 0 Å². The lowest BCUT2D eigenvalue weighted by atomic mass is 9.89. The summed E-state index contributed by atoms with van der Waals surface area (Å²) < 4.78 is 23.9. The van der Waals surface area contributed by atoms with Crippen LogP contribution in [-0.2, 0) is 4.79 Å². The van der Waals surface area contributed by atoms with Gasteiger partial charge in [0.25, 0.3) is 0 Å². The summed E-state index contributed by atoms with van der Waals surface area (Å²) in [5.41, 5.74) is 0. The van der Waals surface area contributed by atoms with Gasteiger partial charge in [0.15, 0.2) is 0 Å². The molecule has 1 atom stereocenters. The fourth-order valence-electron chi connectivity index (χ4n) is 1.27. The fraction of sp³-hybridized carbons (Fsp3) is 0.857. The van der Waals surface area contributed by atoms with Gasteiger partial charge in [0, 0.05) is 18.8 Å². The van der Waals surface area contributed by atoms with Crippen molar-refractivity contribution in [3.63, 3.8) is 0 Å². The van der Waals surface area contributed by atoms with Gasteiger partial charge in [-0.1, -0.05) is 0 Å². The molecule has 0 aliphatic heterocycles. The van der Waals surface area contributed by atoms with E-state index in [0.29, 0.717) is 19.3 Å². The number of carbonyl (C=O) groups excluding carboxylic acids is 1. The number of hydrogen-bond donors (Lipinski definition) is 0. The van der Waals surface area contributed by atoms with E-state index in [1.165, 1.54) is 0 Å². The molecule has 3 heteroatoms. The molecule has 0 aromatic carbocycles. The highest BCUT2D eigenvalue weighted by Gasteiger charge is 2.26. The summed E-state index contributed by atoms with van der Waals surface area (Å²) in [5, 5.41) is 0. The highest BCUT2D eigenvalue weighted by atomic mass is 19.3. The van der Waals surface area contributed by atoms with Crippen LogP contribution in [0.4, 0.5) is 8.78 Å². The third kappa shape index (κ3) is 1.75. The summed E-state index contributed by atoms with van der Waals surface area (Å²) in [6.07, 6.45) is -0.540. The minimum Gasteiger partial charge on any atom is -0.300 e. The number of hydrogen-bond acceptors (Lipinski definition) is 1. The van der Waals surface area contributed by atoms with Crippen molar-refractivity contribution in [3.05, 3.63) is 0 Å². The average molecular weight is 148 g/mol. The van der Waals surface area contributed by atoms with Crippen molar-refractivity contribution in [1.29, 1.82) is 0 Å². The van der Waals surface area contributed by atoms with Gasteiger partial charge in [-0.25, -0.2) is 8.78 Å². The summed E-state index contributed by atoms with van der Waals surface area (Å²) in [6, 6.07) is 0. The second-order valence-electron chi connectivity index (χ2n) is 2.73. The molecule has 1 saturated carbocycles. The zero-order valence-corrected chi connectivity index (χ0v) is 5.65. The Morgan fingerprint density at radius 1 is 1.50 bits per heavy atom. The van der Waals surface area contributed by atoms with Crippen molar-refractivity contribution in [1.82, 2.24) is 0 Å². The Kier molecular flexibility index (Phi) is 2.35. The predicted octanol–water partition coefficient (Wildman–Crippen LogP) is 2.01. The Balaban J connectivity index is 2.39. The minimum absolute atomic E-state index is 0.00319. The molecule has 1 nitrogen and oxygen atoms in total. The van der Waals surface area contributed by atoms with Gasteiger partial charge < -0.3 is 0 Å². The first-order chi connectivity index (χ1) is 4.70. The third-order valence-electron chi connectivity index (χ3n) is 1.88. The topological polar surface area (TPSA) is 17.1 Å². The SMILES string of the molecule is O=C1CCC[C@H](C(F)F)C1. The molecule has 0 bridgehead atoms. The van der Waals surface area contributed by atoms with Crippen molar-refractivity contribution in [2.24, 2.45) is 5.92 Å². The Bertz CT molecular complexity index is 134. The first-order valence-electron chi connectivity index (χ1n) is 3.50. The van der Waals surface area contributed by atoms with E-state index in [9.17, 15) is 13.6 Å². The number of Topliss-reactive ketones (excluding diaryl/α,β-unsaturated/α-hetero) is 1. The molecule has 1 aliphatic carbocycles. The summed E-state index contributed by atoms with van der Waals surface area (Å²) in [5.74, 6) is -0.655. The fourth-order valence-corrected chi connectivity index (χ4v) is 1.27. The molecule has 0 amide bonds. The maximum atomic E-state index is 11.9. The van der Waals surface area contributed by atoms with Crippen LogP contribution in [0.25, 0.3) is 0 Å². The van der Waals surface area contributed by atoms with E-state index in [1.54, 1.807) is 0 Å². The monoisotopic (exact) mass is 148 g/mol. The van der Waals surface area contributed by atoms with Crippen LogP contribution in [0, 0.1) is 5.92 Å². The highest BCUT2D eigenvalue weighted by Crippen LogP contribution is 2.26. The Labute approximate surface area is 58.4 Å². The van der Waals surface area contributed by atoms with Crippen LogP contribution in [0.2, 0.25) is 0 Å². The highest BCUT2D eigenvalue weighted by molar-refractivity contribution is 5.79. The van der Waals surface area contributed by atoms with Crippen LogP contribution in [0.5, 0.6) is 0 Å². The molecule has 0 aromatic rings. The van der Waals surface area contributed by atoms with Crippen molar-refractivity contribution in [2.45, 2.75) is 32.1 Å². The number of rotatable bonds is 1. The molecule has 0 spiro atoms. The molecule has 0 radical (unpaired) electrons. The predicted molar refractivity (Wildman–Crippen MR) is 33.0 cm³/mol. The minimum atomic E-state index is -2.30. The van der Waals surface area contributed by atoms with E-state index in [1.807, 2.05) is 0 Å². The van der Waals surface area contributed by atoms with Crippen LogP contribution >= 0.6 is 0 Å². The van der Waals surface area contributed by atoms with Crippen LogP contribution in [0.15, 0.2) is 0 Å². The van der Waals surface area contributed by atoms with E-state index >= 15 is 0 Å². The van der Waals surface area contributed by atoms with Gasteiger partial charge in [-0.3, -0.25) is 4.79 Å². The van der Waals surface area contributed by atoms with Crippen molar-refractivity contribution < 1.29 is 13.6 Å². The molecule has 0 aromatic heterocycles. The lowest BCUT2D eigenvalue weighted by molar-refractivity contribution is -0.123. The second-order valence-corrected chi connectivity index (χ2v) is 2.73. The van der Waals surface area contributed by atoms with Gasteiger partial charge in [0.05, 0.1) is 0 Å². The number of ketones is 1. The maximum Gasteiger partial charge on any atom is 0.241 e. The van der Waals surface area contributed by atoms with Gasteiger partial charge in [0.1, 0.15) is 5.78 Å². The molecule has 0 N–H and O–H groups in total. The van der Waals surface area contributed by atoms with Crippen LogP contribution in [-0.4, -0.2) is 12.2 Å².